The van der Waals surface area contributed by atoms with Crippen molar-refractivity contribution in [2.24, 2.45) is 5.41 Å². The van der Waals surface area contributed by atoms with E-state index in [0.717, 1.165) is 0 Å². The summed E-state index contributed by atoms with van der Waals surface area (Å²) in [5.74, 6) is 0. The fraction of sp³-hybridized carbons (Fsp3) is 0.667. The summed E-state index contributed by atoms with van der Waals surface area (Å²) >= 11 is 0. The number of aromatic amines is 1. The van der Waals surface area contributed by atoms with E-state index in [4.69, 9.17) is 4.74 Å². The molecule has 3 atom stereocenters. The molecule has 0 aliphatic carbocycles. The molecule has 0 radical (unpaired) electrons. The van der Waals surface area contributed by atoms with Crippen LogP contribution in [0.3, 0.4) is 0 Å². The van der Waals surface area contributed by atoms with Crippen molar-refractivity contribution in [3.8, 4) is 0 Å². The zero-order valence-electron chi connectivity index (χ0n) is 10.9. The Morgan fingerprint density at radius 1 is 1.53 bits per heavy atom. The van der Waals surface area contributed by atoms with Crippen LogP contribution in [0.1, 0.15) is 25.1 Å². The number of aliphatic hydroxyl groups excluding tert-OH is 2. The van der Waals surface area contributed by atoms with Gasteiger partial charge in [0.05, 0.1) is 19.3 Å². The number of H-pyrrole nitrogens is 1. The molecule has 19 heavy (non-hydrogen) atoms. The lowest BCUT2D eigenvalue weighted by atomic mass is 9.84. The van der Waals surface area contributed by atoms with E-state index in [1.165, 1.54) is 10.8 Å². The normalized spacial score (nSPS) is 30.7. The minimum Gasteiger partial charge on any atom is -0.396 e. The first kappa shape index (κ1) is 14.0. The lowest BCUT2D eigenvalue weighted by Crippen LogP contribution is -2.34. The summed E-state index contributed by atoms with van der Waals surface area (Å²) in [6, 6.07) is 0. The lowest BCUT2D eigenvalue weighted by Gasteiger charge is -2.25. The Hall–Kier alpha value is -1.44. The van der Waals surface area contributed by atoms with E-state index < -0.39 is 29.0 Å². The number of hydrogen-bond donors (Lipinski definition) is 3. The van der Waals surface area contributed by atoms with E-state index in [1.54, 1.807) is 13.8 Å². The molecule has 1 aliphatic rings. The SMILES string of the molecule is Cc1cn([C@@H]2CC(C)(CO)[C@@H](CO)O2)c(=O)[nH]c1=O. The highest BCUT2D eigenvalue weighted by Gasteiger charge is 2.45. The van der Waals surface area contributed by atoms with Gasteiger partial charge in [0.15, 0.2) is 0 Å². The number of nitrogens with one attached hydrogen (secondary N) is 1. The highest BCUT2D eigenvalue weighted by atomic mass is 16.5. The molecule has 1 unspecified atom stereocenters. The monoisotopic (exact) mass is 270 g/mol. The number of nitrogens with zero attached hydrogens (tertiary/aromatic N) is 1. The van der Waals surface area contributed by atoms with Gasteiger partial charge >= 0.3 is 5.69 Å². The number of aromatic nitrogens is 2. The lowest BCUT2D eigenvalue weighted by molar-refractivity contribution is -0.0542. The average molecular weight is 270 g/mol. The Morgan fingerprint density at radius 3 is 2.74 bits per heavy atom. The maximum Gasteiger partial charge on any atom is 0.330 e. The average Bonchev–Trinajstić information content (AvgIpc) is 2.71. The molecule has 2 rings (SSSR count). The molecule has 7 nitrogen and oxygen atoms in total. The minimum absolute atomic E-state index is 0.147. The predicted molar refractivity (Wildman–Crippen MR) is 66.9 cm³/mol. The van der Waals surface area contributed by atoms with Crippen LogP contribution in [0.25, 0.3) is 0 Å². The smallest absolute Gasteiger partial charge is 0.330 e. The zero-order chi connectivity index (χ0) is 14.2. The summed E-state index contributed by atoms with van der Waals surface area (Å²) in [6.07, 6.45) is 0.683. The Labute approximate surface area is 109 Å². The highest BCUT2D eigenvalue weighted by molar-refractivity contribution is 5.02. The van der Waals surface area contributed by atoms with Gasteiger partial charge in [-0.1, -0.05) is 6.92 Å². The van der Waals surface area contributed by atoms with Crippen molar-refractivity contribution in [1.29, 1.82) is 0 Å². The third-order valence-electron chi connectivity index (χ3n) is 3.72. The fourth-order valence-corrected chi connectivity index (χ4v) is 2.33. The van der Waals surface area contributed by atoms with Gasteiger partial charge in [0.25, 0.3) is 5.56 Å². The van der Waals surface area contributed by atoms with Gasteiger partial charge in [0, 0.05) is 23.6 Å². The standard InChI is InChI=1S/C12H18N2O5/c1-7-4-14(11(18)13-10(7)17)9-3-12(2,6-16)8(5-15)19-9/h4,8-9,15-16H,3,5-6H2,1-2H3,(H,13,17,18)/t8-,9+,12?/m1/s1. The maximum absolute atomic E-state index is 11.8. The van der Waals surface area contributed by atoms with E-state index >= 15 is 0 Å². The number of ether oxygens (including phenoxy) is 1. The summed E-state index contributed by atoms with van der Waals surface area (Å²) in [6.45, 7) is 3.01. The number of aliphatic hydroxyl groups is 2. The third kappa shape index (κ3) is 2.36. The molecule has 2 heterocycles. The van der Waals surface area contributed by atoms with Gasteiger partial charge in [0.2, 0.25) is 0 Å². The number of aryl methyl sites for hydroxylation is 1. The van der Waals surface area contributed by atoms with E-state index in [0.29, 0.717) is 12.0 Å². The molecular formula is C12H18N2O5. The molecule has 0 aromatic carbocycles. The molecule has 106 valence electrons. The minimum atomic E-state index is -0.608. The fourth-order valence-electron chi connectivity index (χ4n) is 2.33. The van der Waals surface area contributed by atoms with Crippen molar-refractivity contribution in [3.05, 3.63) is 32.6 Å². The Bertz CT molecular complexity index is 578. The molecule has 1 aromatic rings. The molecule has 1 fully saturated rings. The number of hydrogen-bond acceptors (Lipinski definition) is 5. The third-order valence-corrected chi connectivity index (χ3v) is 3.72. The summed E-state index contributed by atoms with van der Waals surface area (Å²) in [4.78, 5) is 25.3. The van der Waals surface area contributed by atoms with Gasteiger partial charge in [-0.25, -0.2) is 4.79 Å². The predicted octanol–water partition coefficient (Wildman–Crippen LogP) is -0.877. The second kappa shape index (κ2) is 4.92. The Morgan fingerprint density at radius 2 is 2.21 bits per heavy atom. The van der Waals surface area contributed by atoms with Crippen LogP contribution in [0.15, 0.2) is 15.8 Å². The number of rotatable bonds is 3. The van der Waals surface area contributed by atoms with Crippen LogP contribution in [0, 0.1) is 12.3 Å². The van der Waals surface area contributed by atoms with Crippen LogP contribution < -0.4 is 11.2 Å². The van der Waals surface area contributed by atoms with Crippen LogP contribution >= 0.6 is 0 Å². The van der Waals surface area contributed by atoms with E-state index in [1.807, 2.05) is 0 Å². The second-order valence-electron chi connectivity index (χ2n) is 5.26. The topological polar surface area (TPSA) is 105 Å². The first-order valence-corrected chi connectivity index (χ1v) is 6.10. The van der Waals surface area contributed by atoms with Gasteiger partial charge in [-0.3, -0.25) is 14.3 Å². The second-order valence-corrected chi connectivity index (χ2v) is 5.26. The van der Waals surface area contributed by atoms with E-state index in [-0.39, 0.29) is 13.2 Å². The van der Waals surface area contributed by atoms with Crippen molar-refractivity contribution in [1.82, 2.24) is 9.55 Å². The van der Waals surface area contributed by atoms with Crippen molar-refractivity contribution < 1.29 is 14.9 Å². The molecule has 0 bridgehead atoms. The molecule has 7 heteroatoms. The summed E-state index contributed by atoms with van der Waals surface area (Å²) in [7, 11) is 0. The van der Waals surface area contributed by atoms with Crippen molar-refractivity contribution in [2.45, 2.75) is 32.6 Å². The summed E-state index contributed by atoms with van der Waals surface area (Å²) in [5.41, 5.74) is -1.19. The van der Waals surface area contributed by atoms with Gasteiger partial charge in [-0.15, -0.1) is 0 Å². The molecule has 1 aliphatic heterocycles. The molecule has 1 aromatic heterocycles. The van der Waals surface area contributed by atoms with Crippen molar-refractivity contribution in [3.63, 3.8) is 0 Å². The van der Waals surface area contributed by atoms with Crippen LogP contribution in [0.2, 0.25) is 0 Å². The highest BCUT2D eigenvalue weighted by Crippen LogP contribution is 2.42. The van der Waals surface area contributed by atoms with Crippen LogP contribution in [-0.2, 0) is 4.74 Å². The molecular weight excluding hydrogens is 252 g/mol. The van der Waals surface area contributed by atoms with E-state index in [2.05, 4.69) is 4.98 Å². The van der Waals surface area contributed by atoms with Crippen LogP contribution in [0.5, 0.6) is 0 Å². The van der Waals surface area contributed by atoms with Gasteiger partial charge in [0.1, 0.15) is 6.23 Å². The van der Waals surface area contributed by atoms with Crippen LogP contribution in [0.4, 0.5) is 0 Å². The van der Waals surface area contributed by atoms with Crippen LogP contribution in [-0.4, -0.2) is 39.1 Å². The Balaban J connectivity index is 2.38. The first-order valence-electron chi connectivity index (χ1n) is 6.10. The molecule has 0 amide bonds. The quantitative estimate of drug-likeness (QED) is 0.662. The molecule has 0 saturated carbocycles. The first-order chi connectivity index (χ1) is 8.91. The zero-order valence-corrected chi connectivity index (χ0v) is 10.9. The van der Waals surface area contributed by atoms with Crippen molar-refractivity contribution >= 4 is 0 Å². The van der Waals surface area contributed by atoms with Gasteiger partial charge in [-0.05, 0) is 6.92 Å². The largest absolute Gasteiger partial charge is 0.396 e. The molecule has 3 N–H and O–H groups in total. The van der Waals surface area contributed by atoms with Crippen molar-refractivity contribution in [2.75, 3.05) is 13.2 Å². The maximum atomic E-state index is 11.8. The van der Waals surface area contributed by atoms with E-state index in [9.17, 15) is 19.8 Å². The van der Waals surface area contributed by atoms with Gasteiger partial charge < -0.3 is 14.9 Å². The molecule has 0 spiro atoms. The summed E-state index contributed by atoms with van der Waals surface area (Å²) in [5, 5.41) is 18.7. The molecule has 1 saturated heterocycles. The van der Waals surface area contributed by atoms with Gasteiger partial charge in [-0.2, -0.15) is 0 Å². The summed E-state index contributed by atoms with van der Waals surface area (Å²) < 4.78 is 6.90. The Kier molecular flexibility index (Phi) is 3.62.